The number of likely N-dealkylation sites (tertiary alicyclic amines) is 1. The molecule has 0 spiro atoms. The molecule has 0 aliphatic carbocycles. The number of imidazole rings is 1. The van der Waals surface area contributed by atoms with Crippen LogP contribution in [-0.2, 0) is 9.24 Å². The van der Waals surface area contributed by atoms with Gasteiger partial charge in [0, 0.05) is 18.8 Å². The van der Waals surface area contributed by atoms with Gasteiger partial charge in [-0.15, -0.1) is 0 Å². The number of aromatic nitrogens is 4. The van der Waals surface area contributed by atoms with E-state index in [2.05, 4.69) is 62.9 Å². The van der Waals surface area contributed by atoms with Crippen LogP contribution in [0.3, 0.4) is 0 Å². The molecule has 1 atom stereocenters. The molecule has 0 saturated carbocycles. The Hall–Kier alpha value is -2.49. The van der Waals surface area contributed by atoms with Gasteiger partial charge in [0.1, 0.15) is 5.82 Å². The number of nitrogens with one attached hydrogen (secondary N) is 2. The summed E-state index contributed by atoms with van der Waals surface area (Å²) in [6, 6.07) is 4.30. The largest absolute Gasteiger partial charge is 0.565 e. The fourth-order valence-electron chi connectivity index (χ4n) is 4.32. The number of H-pyrrole nitrogens is 1. The lowest BCUT2D eigenvalue weighted by atomic mass is 9.92. The summed E-state index contributed by atoms with van der Waals surface area (Å²) >= 11 is 0. The summed E-state index contributed by atoms with van der Waals surface area (Å²) in [5.41, 5.74) is 6.39. The van der Waals surface area contributed by atoms with Crippen molar-refractivity contribution in [3.8, 4) is 11.4 Å². The summed E-state index contributed by atoms with van der Waals surface area (Å²) in [6.45, 7) is 9.63. The van der Waals surface area contributed by atoms with Crippen LogP contribution in [0.4, 0.5) is 5.95 Å². The van der Waals surface area contributed by atoms with E-state index >= 15 is 0 Å². The number of aromatic amines is 1. The van der Waals surface area contributed by atoms with Gasteiger partial charge in [-0.1, -0.05) is 6.07 Å². The van der Waals surface area contributed by atoms with Crippen molar-refractivity contribution in [2.45, 2.75) is 46.5 Å². The summed E-state index contributed by atoms with van der Waals surface area (Å²) in [5, 5.41) is 10.4. The van der Waals surface area contributed by atoms with Crippen molar-refractivity contribution in [1.82, 2.24) is 24.8 Å². The monoisotopic (exact) mass is 490 g/mol. The Morgan fingerprint density at radius 1 is 1.29 bits per heavy atom. The molecule has 1 saturated heterocycles. The minimum atomic E-state index is -3.04. The molecule has 0 bridgehead atoms. The SMILES string of the molecule is Cc1cc(C)c2nc(-c3cnc(NCCCC4CCN(C)CC4)nc3C)[nH]c2c1.O=[P+]([O-])OO.[HH]. The average molecular weight is 491 g/mol. The first kappa shape index (κ1) is 26.1. The second-order valence-corrected chi connectivity index (χ2v) is 9.49. The fraction of sp³-hybridized carbons (Fsp3) is 0.522. The van der Waals surface area contributed by atoms with E-state index < -0.39 is 8.25 Å². The standard InChI is InChI=1S/C23H32N6.HO4P.H2/c1-15-12-16(2)21-20(13-15)27-22(28-21)19-14-25-23(26-17(19)3)24-9-5-6-18-7-10-29(4)11-8-18;1-4-5(2)3;/h12-14,18H,5-11H2,1-4H3,(H,27,28)(H,24,25,26);1H;1H. The van der Waals surface area contributed by atoms with Crippen LogP contribution < -0.4 is 10.2 Å². The Kier molecular flexibility index (Phi) is 9.44. The Morgan fingerprint density at radius 2 is 2.00 bits per heavy atom. The first-order valence-corrected chi connectivity index (χ1v) is 12.6. The maximum Gasteiger partial charge on any atom is 0.521 e. The first-order chi connectivity index (χ1) is 16.3. The molecule has 1 aliphatic rings. The van der Waals surface area contributed by atoms with E-state index in [9.17, 15) is 0 Å². The first-order valence-electron chi connectivity index (χ1n) is 11.5. The van der Waals surface area contributed by atoms with Gasteiger partial charge in [-0.2, -0.15) is 0 Å². The molecule has 1 aliphatic heterocycles. The zero-order valence-corrected chi connectivity index (χ0v) is 21.1. The lowest BCUT2D eigenvalue weighted by Crippen LogP contribution is -2.30. The topological polar surface area (TPSA) is 139 Å². The quantitative estimate of drug-likeness (QED) is 0.192. The summed E-state index contributed by atoms with van der Waals surface area (Å²) in [6.07, 6.45) is 6.99. The molecule has 10 nitrogen and oxygen atoms in total. The van der Waals surface area contributed by atoms with E-state index in [0.717, 1.165) is 40.6 Å². The Labute approximate surface area is 202 Å². The van der Waals surface area contributed by atoms with Gasteiger partial charge in [-0.3, -0.25) is 0 Å². The van der Waals surface area contributed by atoms with Gasteiger partial charge in [-0.25, -0.2) is 20.2 Å². The molecule has 1 aromatic carbocycles. The molecule has 1 fully saturated rings. The zero-order valence-electron chi connectivity index (χ0n) is 20.2. The Balaban J connectivity index is 0.000000656. The van der Waals surface area contributed by atoms with E-state index in [4.69, 9.17) is 19.7 Å². The van der Waals surface area contributed by atoms with Gasteiger partial charge in [0.2, 0.25) is 5.95 Å². The number of fused-ring (bicyclic) bond motifs is 1. The van der Waals surface area contributed by atoms with Gasteiger partial charge in [0.25, 0.3) is 0 Å². The molecule has 3 aromatic rings. The van der Waals surface area contributed by atoms with Gasteiger partial charge in [0.05, 0.1) is 22.3 Å². The van der Waals surface area contributed by atoms with Crippen LogP contribution in [-0.4, -0.2) is 56.8 Å². The van der Waals surface area contributed by atoms with Crippen molar-refractivity contribution in [1.29, 1.82) is 0 Å². The van der Waals surface area contributed by atoms with E-state index in [0.29, 0.717) is 5.95 Å². The number of hydrogen-bond donors (Lipinski definition) is 3. The molecular weight excluding hydrogens is 455 g/mol. The van der Waals surface area contributed by atoms with Crippen molar-refractivity contribution in [2.24, 2.45) is 5.92 Å². The van der Waals surface area contributed by atoms with E-state index in [1.807, 2.05) is 13.1 Å². The summed E-state index contributed by atoms with van der Waals surface area (Å²) in [4.78, 5) is 28.8. The van der Waals surface area contributed by atoms with Crippen molar-refractivity contribution >= 4 is 25.2 Å². The van der Waals surface area contributed by atoms with Crippen LogP contribution in [0.5, 0.6) is 0 Å². The number of nitrogens with zero attached hydrogens (tertiary/aromatic N) is 4. The third-order valence-corrected chi connectivity index (χ3v) is 6.27. The molecule has 0 amide bonds. The number of hydrogen-bond acceptors (Lipinski definition) is 9. The number of piperidine rings is 1. The number of anilines is 1. The Morgan fingerprint density at radius 3 is 2.65 bits per heavy atom. The van der Waals surface area contributed by atoms with Crippen LogP contribution in [0.15, 0.2) is 18.3 Å². The number of rotatable bonds is 7. The van der Waals surface area contributed by atoms with E-state index in [1.54, 1.807) is 0 Å². The number of benzene rings is 1. The molecule has 1 unspecified atom stereocenters. The fourth-order valence-corrected chi connectivity index (χ4v) is 4.32. The average Bonchev–Trinajstić information content (AvgIpc) is 3.22. The maximum atomic E-state index is 8.93. The normalized spacial score (nSPS) is 15.2. The van der Waals surface area contributed by atoms with Crippen LogP contribution >= 0.6 is 8.25 Å². The van der Waals surface area contributed by atoms with Gasteiger partial charge >= 0.3 is 8.25 Å². The lowest BCUT2D eigenvalue weighted by Gasteiger charge is -2.28. The molecule has 2 aromatic heterocycles. The highest BCUT2D eigenvalue weighted by atomic mass is 31.1. The summed E-state index contributed by atoms with van der Waals surface area (Å²) in [7, 11) is -0.826. The maximum absolute atomic E-state index is 8.93. The van der Waals surface area contributed by atoms with Gasteiger partial charge < -0.3 is 20.1 Å². The molecule has 3 heterocycles. The van der Waals surface area contributed by atoms with E-state index in [-0.39, 0.29) is 1.43 Å². The lowest BCUT2D eigenvalue weighted by molar-refractivity contribution is -0.244. The summed E-state index contributed by atoms with van der Waals surface area (Å²) in [5.74, 6) is 2.41. The number of aryl methyl sites for hydroxylation is 3. The highest BCUT2D eigenvalue weighted by Crippen LogP contribution is 2.25. The van der Waals surface area contributed by atoms with E-state index in [1.165, 1.54) is 49.9 Å². The van der Waals surface area contributed by atoms with Crippen molar-refractivity contribution < 1.29 is 20.8 Å². The summed E-state index contributed by atoms with van der Waals surface area (Å²) < 4.78 is 11.6. The minimum absolute atomic E-state index is 0. The van der Waals surface area contributed by atoms with Crippen LogP contribution in [0.2, 0.25) is 0 Å². The second kappa shape index (κ2) is 12.3. The molecule has 0 radical (unpaired) electrons. The Bertz CT molecular complexity index is 1120. The van der Waals surface area contributed by atoms with Gasteiger partial charge in [-0.05, 0) is 94.3 Å². The molecule has 34 heavy (non-hydrogen) atoms. The second-order valence-electron chi connectivity index (χ2n) is 8.88. The molecular formula is C23H35N6O4P. The van der Waals surface area contributed by atoms with Crippen molar-refractivity contribution in [3.05, 3.63) is 35.2 Å². The van der Waals surface area contributed by atoms with Crippen LogP contribution in [0.1, 0.15) is 43.9 Å². The predicted octanol–water partition coefficient (Wildman–Crippen LogP) is 4.22. The zero-order chi connectivity index (χ0) is 24.7. The van der Waals surface area contributed by atoms with Crippen molar-refractivity contribution in [3.63, 3.8) is 0 Å². The van der Waals surface area contributed by atoms with Crippen molar-refractivity contribution in [2.75, 3.05) is 32.0 Å². The molecule has 11 heteroatoms. The van der Waals surface area contributed by atoms with Gasteiger partial charge in [0.15, 0.2) is 0 Å². The minimum Gasteiger partial charge on any atom is -0.565 e. The van der Waals surface area contributed by atoms with Crippen LogP contribution in [0.25, 0.3) is 22.4 Å². The molecule has 186 valence electrons. The van der Waals surface area contributed by atoms with Crippen LogP contribution in [0, 0.1) is 26.7 Å². The smallest absolute Gasteiger partial charge is 0.521 e. The third-order valence-electron chi connectivity index (χ3n) is 6.13. The molecule has 3 N–H and O–H groups in total. The third kappa shape index (κ3) is 7.25. The highest BCUT2D eigenvalue weighted by Gasteiger charge is 2.16. The molecule has 4 rings (SSSR count). The highest BCUT2D eigenvalue weighted by molar-refractivity contribution is 7.30. The predicted molar refractivity (Wildman–Crippen MR) is 133 cm³/mol.